The van der Waals surface area contributed by atoms with Crippen molar-refractivity contribution in [1.82, 2.24) is 5.32 Å². The molecule has 21 heavy (non-hydrogen) atoms. The van der Waals surface area contributed by atoms with Crippen molar-refractivity contribution >= 4 is 11.0 Å². The van der Waals surface area contributed by atoms with E-state index in [1.165, 1.54) is 12.1 Å². The number of halogens is 1. The van der Waals surface area contributed by atoms with E-state index in [9.17, 15) is 9.50 Å². The van der Waals surface area contributed by atoms with Gasteiger partial charge < -0.3 is 14.8 Å². The van der Waals surface area contributed by atoms with Crippen molar-refractivity contribution in [2.45, 2.75) is 12.6 Å². The highest BCUT2D eigenvalue weighted by atomic mass is 19.1. The van der Waals surface area contributed by atoms with Crippen molar-refractivity contribution in [1.29, 1.82) is 0 Å². The van der Waals surface area contributed by atoms with E-state index >= 15 is 0 Å². The van der Waals surface area contributed by atoms with Crippen molar-refractivity contribution < 1.29 is 13.9 Å². The van der Waals surface area contributed by atoms with Crippen LogP contribution in [0, 0.1) is 5.82 Å². The van der Waals surface area contributed by atoms with Crippen LogP contribution >= 0.6 is 0 Å². The van der Waals surface area contributed by atoms with Crippen LogP contribution in [-0.4, -0.2) is 11.7 Å². The van der Waals surface area contributed by atoms with Gasteiger partial charge in [-0.05, 0) is 29.8 Å². The van der Waals surface area contributed by atoms with Gasteiger partial charge in [-0.3, -0.25) is 0 Å². The molecule has 3 nitrogen and oxygen atoms in total. The summed E-state index contributed by atoms with van der Waals surface area (Å²) in [7, 11) is 0. The van der Waals surface area contributed by atoms with Gasteiger partial charge in [0.1, 0.15) is 17.2 Å². The predicted octanol–water partition coefficient (Wildman–Crippen LogP) is 3.40. The number of rotatable bonds is 5. The smallest absolute Gasteiger partial charge is 0.134 e. The summed E-state index contributed by atoms with van der Waals surface area (Å²) in [6, 6.07) is 15.7. The van der Waals surface area contributed by atoms with Gasteiger partial charge in [0, 0.05) is 11.9 Å². The highest BCUT2D eigenvalue weighted by molar-refractivity contribution is 5.77. The number of benzene rings is 2. The molecule has 0 radical (unpaired) electrons. The first-order valence-electron chi connectivity index (χ1n) is 6.84. The molecular formula is C17H16FNO2. The van der Waals surface area contributed by atoms with Gasteiger partial charge >= 0.3 is 0 Å². The fraction of sp³-hybridized carbons (Fsp3) is 0.176. The molecule has 3 rings (SSSR count). The van der Waals surface area contributed by atoms with Crippen LogP contribution in [0.4, 0.5) is 4.39 Å². The molecule has 0 aliphatic heterocycles. The van der Waals surface area contributed by atoms with E-state index in [2.05, 4.69) is 5.32 Å². The van der Waals surface area contributed by atoms with Gasteiger partial charge in [-0.1, -0.05) is 30.3 Å². The Balaban J connectivity index is 1.56. The molecule has 0 bridgehead atoms. The molecule has 2 aromatic carbocycles. The molecule has 1 aromatic heterocycles. The Bertz CT molecular complexity index is 688. The highest BCUT2D eigenvalue weighted by Crippen LogP contribution is 2.19. The van der Waals surface area contributed by atoms with Gasteiger partial charge in [-0.2, -0.15) is 0 Å². The normalized spacial score (nSPS) is 12.7. The quantitative estimate of drug-likeness (QED) is 0.755. The van der Waals surface area contributed by atoms with Gasteiger partial charge in [0.2, 0.25) is 0 Å². The van der Waals surface area contributed by atoms with Crippen LogP contribution in [0.2, 0.25) is 0 Å². The van der Waals surface area contributed by atoms with Crippen LogP contribution in [0.1, 0.15) is 17.4 Å². The number of aliphatic hydroxyl groups is 1. The molecule has 1 unspecified atom stereocenters. The fourth-order valence-electron chi connectivity index (χ4n) is 2.26. The molecule has 0 saturated heterocycles. The highest BCUT2D eigenvalue weighted by Gasteiger charge is 2.08. The van der Waals surface area contributed by atoms with Crippen LogP contribution in [0.15, 0.2) is 59.0 Å². The van der Waals surface area contributed by atoms with E-state index in [-0.39, 0.29) is 5.82 Å². The van der Waals surface area contributed by atoms with Crippen molar-refractivity contribution in [3.8, 4) is 0 Å². The standard InChI is InChI=1S/C17H16FNO2/c18-14-7-5-12(6-8-14)16(20)11-19-10-15-9-13-3-1-2-4-17(13)21-15/h1-9,16,19-20H,10-11H2. The zero-order valence-corrected chi connectivity index (χ0v) is 11.4. The van der Waals surface area contributed by atoms with E-state index in [1.807, 2.05) is 30.3 Å². The van der Waals surface area contributed by atoms with Gasteiger partial charge in [-0.25, -0.2) is 4.39 Å². The lowest BCUT2D eigenvalue weighted by Crippen LogP contribution is -2.20. The Morgan fingerprint density at radius 1 is 1.10 bits per heavy atom. The lowest BCUT2D eigenvalue weighted by atomic mass is 10.1. The maximum Gasteiger partial charge on any atom is 0.134 e. The maximum absolute atomic E-state index is 12.8. The molecule has 0 saturated carbocycles. The first-order chi connectivity index (χ1) is 10.2. The molecule has 0 amide bonds. The monoisotopic (exact) mass is 285 g/mol. The third-order valence-electron chi connectivity index (χ3n) is 3.37. The zero-order chi connectivity index (χ0) is 14.7. The van der Waals surface area contributed by atoms with Crippen LogP contribution in [0.25, 0.3) is 11.0 Å². The molecule has 4 heteroatoms. The number of nitrogens with one attached hydrogen (secondary N) is 1. The summed E-state index contributed by atoms with van der Waals surface area (Å²) in [5, 5.41) is 14.2. The Kier molecular flexibility index (Phi) is 3.99. The van der Waals surface area contributed by atoms with E-state index < -0.39 is 6.10 Å². The summed E-state index contributed by atoms with van der Waals surface area (Å²) < 4.78 is 18.5. The second-order valence-corrected chi connectivity index (χ2v) is 4.95. The minimum absolute atomic E-state index is 0.304. The number of hydrogen-bond donors (Lipinski definition) is 2. The number of furan rings is 1. The van der Waals surface area contributed by atoms with E-state index in [0.29, 0.717) is 18.7 Å². The summed E-state index contributed by atoms with van der Waals surface area (Å²) in [5.41, 5.74) is 1.54. The molecule has 0 aliphatic carbocycles. The Hall–Kier alpha value is -2.17. The molecule has 108 valence electrons. The molecular weight excluding hydrogens is 269 g/mol. The largest absolute Gasteiger partial charge is 0.460 e. The van der Waals surface area contributed by atoms with Gasteiger partial charge in [0.25, 0.3) is 0 Å². The molecule has 1 heterocycles. The van der Waals surface area contributed by atoms with Crippen molar-refractivity contribution in [2.24, 2.45) is 0 Å². The zero-order valence-electron chi connectivity index (χ0n) is 11.4. The number of fused-ring (bicyclic) bond motifs is 1. The summed E-state index contributed by atoms with van der Waals surface area (Å²) in [6.45, 7) is 0.912. The van der Waals surface area contributed by atoms with E-state index in [0.717, 1.165) is 16.7 Å². The first-order valence-corrected chi connectivity index (χ1v) is 6.84. The van der Waals surface area contributed by atoms with Crippen LogP contribution in [0.3, 0.4) is 0 Å². The fourth-order valence-corrected chi connectivity index (χ4v) is 2.26. The van der Waals surface area contributed by atoms with Crippen LogP contribution in [0.5, 0.6) is 0 Å². The van der Waals surface area contributed by atoms with Gasteiger partial charge in [-0.15, -0.1) is 0 Å². The third kappa shape index (κ3) is 3.29. The molecule has 3 aromatic rings. The maximum atomic E-state index is 12.8. The van der Waals surface area contributed by atoms with Gasteiger partial charge in [0.05, 0.1) is 12.6 Å². The minimum atomic E-state index is -0.671. The first kappa shape index (κ1) is 13.8. The number of para-hydroxylation sites is 1. The molecule has 0 fully saturated rings. The van der Waals surface area contributed by atoms with E-state index in [1.54, 1.807) is 12.1 Å². The Labute approximate surface area is 122 Å². The van der Waals surface area contributed by atoms with Crippen molar-refractivity contribution in [3.63, 3.8) is 0 Å². The lowest BCUT2D eigenvalue weighted by Gasteiger charge is -2.11. The van der Waals surface area contributed by atoms with Crippen molar-refractivity contribution in [3.05, 3.63) is 71.7 Å². The Morgan fingerprint density at radius 3 is 2.62 bits per heavy atom. The van der Waals surface area contributed by atoms with Crippen LogP contribution in [-0.2, 0) is 6.54 Å². The van der Waals surface area contributed by atoms with Crippen LogP contribution < -0.4 is 5.32 Å². The lowest BCUT2D eigenvalue weighted by molar-refractivity contribution is 0.173. The number of hydrogen-bond acceptors (Lipinski definition) is 3. The van der Waals surface area contributed by atoms with Gasteiger partial charge in [0.15, 0.2) is 0 Å². The Morgan fingerprint density at radius 2 is 1.86 bits per heavy atom. The average Bonchev–Trinajstić information content (AvgIpc) is 2.90. The second-order valence-electron chi connectivity index (χ2n) is 4.95. The van der Waals surface area contributed by atoms with E-state index in [4.69, 9.17) is 4.42 Å². The summed E-state index contributed by atoms with van der Waals surface area (Å²) >= 11 is 0. The SMILES string of the molecule is OC(CNCc1cc2ccccc2o1)c1ccc(F)cc1. The molecule has 0 aliphatic rings. The number of aliphatic hydroxyl groups excluding tert-OH is 1. The summed E-state index contributed by atoms with van der Waals surface area (Å²) in [4.78, 5) is 0. The average molecular weight is 285 g/mol. The predicted molar refractivity (Wildman–Crippen MR) is 79.3 cm³/mol. The molecule has 1 atom stereocenters. The second kappa shape index (κ2) is 6.08. The topological polar surface area (TPSA) is 45.4 Å². The summed E-state index contributed by atoms with van der Waals surface area (Å²) in [6.07, 6.45) is -0.671. The third-order valence-corrected chi connectivity index (χ3v) is 3.37. The van der Waals surface area contributed by atoms with Crippen molar-refractivity contribution in [2.75, 3.05) is 6.54 Å². The molecule has 2 N–H and O–H groups in total. The minimum Gasteiger partial charge on any atom is -0.460 e. The summed E-state index contributed by atoms with van der Waals surface area (Å²) in [5.74, 6) is 0.517. The molecule has 0 spiro atoms.